The third-order valence-electron chi connectivity index (χ3n) is 0.805. The third-order valence-corrected chi connectivity index (χ3v) is 0.805. The van der Waals surface area contributed by atoms with Gasteiger partial charge in [0.25, 0.3) is 0 Å². The SMILES string of the molecule is CCCNN(C)C=N. The Hall–Kier alpha value is -0.570. The molecule has 0 aliphatic rings. The number of nitrogens with zero attached hydrogens (tertiary/aromatic N) is 1. The van der Waals surface area contributed by atoms with Crippen LogP contribution in [0.3, 0.4) is 0 Å². The van der Waals surface area contributed by atoms with Crippen LogP contribution in [0.2, 0.25) is 0 Å². The summed E-state index contributed by atoms with van der Waals surface area (Å²) >= 11 is 0. The average molecular weight is 115 g/mol. The van der Waals surface area contributed by atoms with Crippen molar-refractivity contribution in [2.75, 3.05) is 13.6 Å². The molecule has 0 aromatic rings. The molecule has 0 atom stereocenters. The second kappa shape index (κ2) is 4.59. The summed E-state index contributed by atoms with van der Waals surface area (Å²) in [5.41, 5.74) is 2.97. The lowest BCUT2D eigenvalue weighted by molar-refractivity contribution is 0.376. The molecular formula is C5H13N3. The van der Waals surface area contributed by atoms with E-state index in [1.54, 1.807) is 5.01 Å². The molecule has 48 valence electrons. The molecule has 0 aliphatic heterocycles. The minimum atomic E-state index is 0.936. The Balaban J connectivity index is 2.98. The van der Waals surface area contributed by atoms with Crippen molar-refractivity contribution in [2.24, 2.45) is 0 Å². The summed E-state index contributed by atoms with van der Waals surface area (Å²) in [4.78, 5) is 0. The van der Waals surface area contributed by atoms with E-state index >= 15 is 0 Å². The molecule has 0 radical (unpaired) electrons. The molecule has 0 amide bonds. The van der Waals surface area contributed by atoms with E-state index in [2.05, 4.69) is 12.3 Å². The van der Waals surface area contributed by atoms with Gasteiger partial charge in [-0.25, -0.2) is 5.43 Å². The Labute approximate surface area is 50.2 Å². The zero-order chi connectivity index (χ0) is 6.41. The van der Waals surface area contributed by atoms with Crippen LogP contribution in [0.4, 0.5) is 0 Å². The molecule has 0 rings (SSSR count). The normalized spacial score (nSPS) is 8.75. The Kier molecular flexibility index (Phi) is 4.26. The largest absolute Gasteiger partial charge is 0.302 e. The van der Waals surface area contributed by atoms with Gasteiger partial charge >= 0.3 is 0 Å². The molecule has 0 aromatic heterocycles. The van der Waals surface area contributed by atoms with Gasteiger partial charge in [-0.1, -0.05) is 6.92 Å². The summed E-state index contributed by atoms with van der Waals surface area (Å²) in [5.74, 6) is 0. The Morgan fingerprint density at radius 3 is 2.75 bits per heavy atom. The fraction of sp³-hybridized carbons (Fsp3) is 0.800. The van der Waals surface area contributed by atoms with E-state index in [0.29, 0.717) is 0 Å². The maximum atomic E-state index is 6.73. The lowest BCUT2D eigenvalue weighted by Crippen LogP contribution is -2.33. The fourth-order valence-corrected chi connectivity index (χ4v) is 0.334. The Bertz CT molecular complexity index is 62.7. The van der Waals surface area contributed by atoms with Crippen molar-refractivity contribution in [3.05, 3.63) is 0 Å². The first-order valence-electron chi connectivity index (χ1n) is 2.78. The second-order valence-electron chi connectivity index (χ2n) is 1.65. The van der Waals surface area contributed by atoms with Gasteiger partial charge in [0.15, 0.2) is 0 Å². The van der Waals surface area contributed by atoms with Crippen LogP contribution in [0.5, 0.6) is 0 Å². The minimum absolute atomic E-state index is 0.936. The number of hydrogen-bond acceptors (Lipinski definition) is 2. The molecular weight excluding hydrogens is 102 g/mol. The quantitative estimate of drug-likeness (QED) is 0.317. The van der Waals surface area contributed by atoms with Gasteiger partial charge < -0.3 is 5.01 Å². The van der Waals surface area contributed by atoms with Crippen molar-refractivity contribution in [2.45, 2.75) is 13.3 Å². The van der Waals surface area contributed by atoms with Crippen LogP contribution in [0.1, 0.15) is 13.3 Å². The highest BCUT2D eigenvalue weighted by molar-refractivity contribution is 5.48. The Morgan fingerprint density at radius 2 is 2.38 bits per heavy atom. The van der Waals surface area contributed by atoms with E-state index in [9.17, 15) is 0 Å². The van der Waals surface area contributed by atoms with Crippen molar-refractivity contribution in [1.82, 2.24) is 10.4 Å². The first-order valence-corrected chi connectivity index (χ1v) is 2.78. The van der Waals surface area contributed by atoms with Gasteiger partial charge in [-0.2, -0.15) is 0 Å². The highest BCUT2D eigenvalue weighted by Gasteiger charge is 1.83. The van der Waals surface area contributed by atoms with Gasteiger partial charge in [-0.3, -0.25) is 5.41 Å². The van der Waals surface area contributed by atoms with Crippen molar-refractivity contribution >= 4 is 6.34 Å². The van der Waals surface area contributed by atoms with Crippen molar-refractivity contribution < 1.29 is 0 Å². The standard InChI is InChI=1S/C5H13N3/c1-3-4-7-8(2)5-6/h5-7H,3-4H2,1-2H3. The van der Waals surface area contributed by atoms with Crippen LogP contribution < -0.4 is 5.43 Å². The van der Waals surface area contributed by atoms with Crippen LogP contribution in [-0.2, 0) is 0 Å². The zero-order valence-corrected chi connectivity index (χ0v) is 5.44. The smallest absolute Gasteiger partial charge is 0.0957 e. The van der Waals surface area contributed by atoms with E-state index in [1.165, 1.54) is 6.34 Å². The number of hydrazine groups is 1. The molecule has 0 fully saturated rings. The molecule has 3 nitrogen and oxygen atoms in total. The van der Waals surface area contributed by atoms with Gasteiger partial charge in [0.05, 0.1) is 6.34 Å². The molecule has 0 unspecified atom stereocenters. The van der Waals surface area contributed by atoms with E-state index < -0.39 is 0 Å². The maximum Gasteiger partial charge on any atom is 0.0957 e. The lowest BCUT2D eigenvalue weighted by atomic mass is 10.5. The van der Waals surface area contributed by atoms with Gasteiger partial charge in [0.1, 0.15) is 0 Å². The van der Waals surface area contributed by atoms with E-state index in [1.807, 2.05) is 7.05 Å². The van der Waals surface area contributed by atoms with Gasteiger partial charge in [0.2, 0.25) is 0 Å². The molecule has 0 spiro atoms. The fourth-order valence-electron chi connectivity index (χ4n) is 0.334. The molecule has 0 saturated carbocycles. The summed E-state index contributed by atoms with van der Waals surface area (Å²) in [7, 11) is 1.81. The van der Waals surface area contributed by atoms with Crippen molar-refractivity contribution in [3.63, 3.8) is 0 Å². The maximum absolute atomic E-state index is 6.73. The zero-order valence-electron chi connectivity index (χ0n) is 5.44. The Morgan fingerprint density at radius 1 is 1.75 bits per heavy atom. The van der Waals surface area contributed by atoms with Gasteiger partial charge in [-0.15, -0.1) is 0 Å². The monoisotopic (exact) mass is 115 g/mol. The van der Waals surface area contributed by atoms with E-state index in [-0.39, 0.29) is 0 Å². The van der Waals surface area contributed by atoms with Crippen LogP contribution in [0.15, 0.2) is 0 Å². The predicted octanol–water partition coefficient (Wildman–Crippen LogP) is 0.440. The summed E-state index contributed by atoms with van der Waals surface area (Å²) < 4.78 is 0. The predicted molar refractivity (Wildman–Crippen MR) is 34.8 cm³/mol. The highest BCUT2D eigenvalue weighted by Crippen LogP contribution is 1.70. The van der Waals surface area contributed by atoms with Crippen LogP contribution in [0, 0.1) is 5.41 Å². The van der Waals surface area contributed by atoms with Gasteiger partial charge in [0, 0.05) is 13.6 Å². The van der Waals surface area contributed by atoms with Crippen molar-refractivity contribution in [1.29, 1.82) is 5.41 Å². The number of rotatable bonds is 4. The first kappa shape index (κ1) is 7.43. The lowest BCUT2D eigenvalue weighted by Gasteiger charge is -2.11. The summed E-state index contributed by atoms with van der Waals surface area (Å²) in [6.07, 6.45) is 2.34. The van der Waals surface area contributed by atoms with Gasteiger partial charge in [-0.05, 0) is 6.42 Å². The molecule has 0 heterocycles. The minimum Gasteiger partial charge on any atom is -0.302 e. The van der Waals surface area contributed by atoms with E-state index in [4.69, 9.17) is 5.41 Å². The van der Waals surface area contributed by atoms with Crippen LogP contribution >= 0.6 is 0 Å². The topological polar surface area (TPSA) is 39.1 Å². The highest BCUT2D eigenvalue weighted by atomic mass is 15.5. The second-order valence-corrected chi connectivity index (χ2v) is 1.65. The summed E-state index contributed by atoms with van der Waals surface area (Å²) in [6.45, 7) is 3.02. The molecule has 3 heteroatoms. The van der Waals surface area contributed by atoms with E-state index in [0.717, 1.165) is 13.0 Å². The molecule has 0 saturated heterocycles. The summed E-state index contributed by atoms with van der Waals surface area (Å²) in [5, 5.41) is 8.35. The first-order chi connectivity index (χ1) is 3.81. The molecule has 8 heavy (non-hydrogen) atoms. The molecule has 0 aromatic carbocycles. The average Bonchev–Trinajstić information content (AvgIpc) is 1.83. The number of nitrogens with one attached hydrogen (secondary N) is 2. The van der Waals surface area contributed by atoms with Crippen molar-refractivity contribution in [3.8, 4) is 0 Å². The van der Waals surface area contributed by atoms with Crippen LogP contribution in [-0.4, -0.2) is 24.9 Å². The molecule has 0 bridgehead atoms. The summed E-state index contributed by atoms with van der Waals surface area (Å²) in [6, 6.07) is 0. The third kappa shape index (κ3) is 3.61. The molecule has 0 aliphatic carbocycles. The molecule has 2 N–H and O–H groups in total. The van der Waals surface area contributed by atoms with Crippen LogP contribution in [0.25, 0.3) is 0 Å². The number of hydrogen-bond donors (Lipinski definition) is 2.